The second-order valence-corrected chi connectivity index (χ2v) is 5.38. The Labute approximate surface area is 116 Å². The molecule has 0 saturated heterocycles. The van der Waals surface area contributed by atoms with Crippen LogP contribution >= 0.6 is 11.3 Å². The highest BCUT2D eigenvalue weighted by atomic mass is 32.1. The van der Waals surface area contributed by atoms with Gasteiger partial charge in [-0.2, -0.15) is 11.3 Å². The molecule has 0 spiro atoms. The van der Waals surface area contributed by atoms with E-state index in [1.807, 2.05) is 16.8 Å². The van der Waals surface area contributed by atoms with E-state index in [0.29, 0.717) is 11.3 Å². The lowest BCUT2D eigenvalue weighted by Crippen LogP contribution is -2.38. The van der Waals surface area contributed by atoms with Crippen LogP contribution in [0.25, 0.3) is 0 Å². The molecule has 0 aliphatic carbocycles. The average molecular weight is 276 g/mol. The van der Waals surface area contributed by atoms with Crippen LogP contribution in [0.4, 0.5) is 0 Å². The minimum absolute atomic E-state index is 0.164. The fraction of sp³-hybridized carbons (Fsp3) is 0.286. The summed E-state index contributed by atoms with van der Waals surface area (Å²) < 4.78 is 0. The van der Waals surface area contributed by atoms with Crippen LogP contribution in [0.15, 0.2) is 35.2 Å². The van der Waals surface area contributed by atoms with E-state index in [2.05, 4.69) is 10.3 Å². The van der Waals surface area contributed by atoms with Crippen LogP contribution in [0, 0.1) is 6.92 Å². The van der Waals surface area contributed by atoms with Gasteiger partial charge in [-0.05, 0) is 48.4 Å². The summed E-state index contributed by atoms with van der Waals surface area (Å²) in [5.41, 5.74) is 0.950. The lowest BCUT2D eigenvalue weighted by molar-refractivity contribution is 0.0529. The van der Waals surface area contributed by atoms with Gasteiger partial charge in [-0.1, -0.05) is 0 Å². The summed E-state index contributed by atoms with van der Waals surface area (Å²) in [6, 6.07) is 5.29. The Morgan fingerprint density at radius 1 is 1.53 bits per heavy atom. The van der Waals surface area contributed by atoms with Crippen molar-refractivity contribution < 1.29 is 9.90 Å². The van der Waals surface area contributed by atoms with Crippen molar-refractivity contribution in [2.75, 3.05) is 6.54 Å². The van der Waals surface area contributed by atoms with Crippen molar-refractivity contribution in [3.05, 3.63) is 52.0 Å². The third kappa shape index (κ3) is 3.19. The molecule has 5 heteroatoms. The van der Waals surface area contributed by atoms with Crippen molar-refractivity contribution in [1.29, 1.82) is 0 Å². The number of nitrogens with one attached hydrogen (secondary N) is 1. The minimum Gasteiger partial charge on any atom is -0.384 e. The van der Waals surface area contributed by atoms with Gasteiger partial charge in [0, 0.05) is 11.9 Å². The number of aliphatic hydroxyl groups is 1. The molecule has 4 nitrogen and oxygen atoms in total. The Kier molecular flexibility index (Phi) is 3.97. The summed E-state index contributed by atoms with van der Waals surface area (Å²) in [6.45, 7) is 3.63. The van der Waals surface area contributed by atoms with Gasteiger partial charge >= 0.3 is 0 Å². The lowest BCUT2D eigenvalue weighted by Gasteiger charge is -2.22. The largest absolute Gasteiger partial charge is 0.384 e. The molecule has 2 aromatic heterocycles. The maximum absolute atomic E-state index is 12.0. The van der Waals surface area contributed by atoms with Gasteiger partial charge in [0.05, 0.1) is 12.1 Å². The zero-order valence-corrected chi connectivity index (χ0v) is 11.7. The summed E-state index contributed by atoms with van der Waals surface area (Å²) in [5, 5.41) is 16.8. The van der Waals surface area contributed by atoms with Crippen molar-refractivity contribution >= 4 is 17.2 Å². The summed E-state index contributed by atoms with van der Waals surface area (Å²) in [5.74, 6) is -0.221. The van der Waals surface area contributed by atoms with Crippen molar-refractivity contribution in [2.45, 2.75) is 19.4 Å². The quantitative estimate of drug-likeness (QED) is 0.899. The summed E-state index contributed by atoms with van der Waals surface area (Å²) in [4.78, 5) is 16.1. The van der Waals surface area contributed by atoms with Crippen molar-refractivity contribution in [3.63, 3.8) is 0 Å². The van der Waals surface area contributed by atoms with E-state index in [1.165, 1.54) is 11.3 Å². The van der Waals surface area contributed by atoms with Gasteiger partial charge in [0.1, 0.15) is 5.60 Å². The molecule has 2 heterocycles. The van der Waals surface area contributed by atoms with E-state index >= 15 is 0 Å². The number of thiophene rings is 1. The van der Waals surface area contributed by atoms with E-state index in [9.17, 15) is 9.90 Å². The van der Waals surface area contributed by atoms with Gasteiger partial charge in [-0.25, -0.2) is 0 Å². The minimum atomic E-state index is -1.06. The number of nitrogens with zero attached hydrogens (tertiary/aromatic N) is 1. The first kappa shape index (κ1) is 13.7. The van der Waals surface area contributed by atoms with Gasteiger partial charge in [-0.3, -0.25) is 9.78 Å². The normalized spacial score (nSPS) is 13.8. The number of hydrogen-bond donors (Lipinski definition) is 2. The lowest BCUT2D eigenvalue weighted by atomic mass is 9.99. The molecule has 0 bridgehead atoms. The molecule has 2 N–H and O–H groups in total. The van der Waals surface area contributed by atoms with E-state index in [4.69, 9.17) is 0 Å². The molecule has 19 heavy (non-hydrogen) atoms. The van der Waals surface area contributed by atoms with Crippen LogP contribution < -0.4 is 5.32 Å². The first-order chi connectivity index (χ1) is 9.00. The Morgan fingerprint density at radius 3 is 2.95 bits per heavy atom. The van der Waals surface area contributed by atoms with Crippen LogP contribution in [0.1, 0.15) is 28.5 Å². The number of rotatable bonds is 4. The number of pyridine rings is 1. The summed E-state index contributed by atoms with van der Waals surface area (Å²) >= 11 is 1.52. The monoisotopic (exact) mass is 276 g/mol. The zero-order valence-electron chi connectivity index (χ0n) is 10.9. The molecule has 1 atom stereocenters. The first-order valence-electron chi connectivity index (χ1n) is 5.95. The Balaban J connectivity index is 2.03. The maximum Gasteiger partial charge on any atom is 0.253 e. The molecular weight excluding hydrogens is 260 g/mol. The fourth-order valence-electron chi connectivity index (χ4n) is 1.74. The van der Waals surface area contributed by atoms with Crippen LogP contribution in [0.5, 0.6) is 0 Å². The fourth-order valence-corrected chi connectivity index (χ4v) is 2.53. The maximum atomic E-state index is 12.0. The number of carbonyl (C=O) groups excluding carboxylic acids is 1. The van der Waals surface area contributed by atoms with Gasteiger partial charge in [0.2, 0.25) is 0 Å². The van der Waals surface area contributed by atoms with Crippen LogP contribution in [-0.2, 0) is 5.60 Å². The number of aryl methyl sites for hydroxylation is 1. The smallest absolute Gasteiger partial charge is 0.253 e. The highest BCUT2D eigenvalue weighted by molar-refractivity contribution is 7.08. The first-order valence-corrected chi connectivity index (χ1v) is 6.90. The second kappa shape index (κ2) is 5.50. The van der Waals surface area contributed by atoms with Gasteiger partial charge < -0.3 is 10.4 Å². The zero-order chi connectivity index (χ0) is 13.9. The number of hydrogen-bond acceptors (Lipinski definition) is 4. The summed E-state index contributed by atoms with van der Waals surface area (Å²) in [7, 11) is 0. The van der Waals surface area contributed by atoms with Crippen LogP contribution in [-0.4, -0.2) is 22.5 Å². The molecule has 0 fully saturated rings. The van der Waals surface area contributed by atoms with E-state index in [1.54, 1.807) is 32.2 Å². The molecule has 2 aromatic rings. The molecule has 0 aliphatic heterocycles. The molecule has 0 aromatic carbocycles. The average Bonchev–Trinajstić information content (AvgIpc) is 2.91. The molecule has 1 amide bonds. The predicted octanol–water partition coefficient (Wildman–Crippen LogP) is 2.09. The Hall–Kier alpha value is -1.72. The Bertz CT molecular complexity index is 565. The second-order valence-electron chi connectivity index (χ2n) is 4.60. The highest BCUT2D eigenvalue weighted by Gasteiger charge is 2.24. The van der Waals surface area contributed by atoms with Crippen molar-refractivity contribution in [3.8, 4) is 0 Å². The standard InChI is InChI=1S/C14H16N2O2S/c1-10-12(4-3-6-15-10)13(17)16-9-14(2,18)11-5-7-19-8-11/h3-8,18H,9H2,1-2H3,(H,16,17). The van der Waals surface area contributed by atoms with Crippen LogP contribution in [0.2, 0.25) is 0 Å². The predicted molar refractivity (Wildman–Crippen MR) is 75.2 cm³/mol. The Morgan fingerprint density at radius 2 is 2.32 bits per heavy atom. The van der Waals surface area contributed by atoms with E-state index in [0.717, 1.165) is 5.56 Å². The molecule has 0 aliphatic rings. The molecular formula is C14H16N2O2S. The number of aromatic nitrogens is 1. The van der Waals surface area contributed by atoms with E-state index < -0.39 is 5.60 Å². The number of amides is 1. The molecule has 2 rings (SSSR count). The van der Waals surface area contributed by atoms with Crippen LogP contribution in [0.3, 0.4) is 0 Å². The molecule has 100 valence electrons. The SMILES string of the molecule is Cc1ncccc1C(=O)NCC(C)(O)c1ccsc1. The topological polar surface area (TPSA) is 62.2 Å². The van der Waals surface area contributed by atoms with Crippen molar-refractivity contribution in [2.24, 2.45) is 0 Å². The molecule has 0 radical (unpaired) electrons. The van der Waals surface area contributed by atoms with Gasteiger partial charge in [0.25, 0.3) is 5.91 Å². The number of carbonyl (C=O) groups is 1. The third-order valence-electron chi connectivity index (χ3n) is 2.99. The molecule has 0 saturated carbocycles. The van der Waals surface area contributed by atoms with Gasteiger partial charge in [0.15, 0.2) is 0 Å². The molecule has 1 unspecified atom stereocenters. The van der Waals surface area contributed by atoms with Crippen molar-refractivity contribution in [1.82, 2.24) is 10.3 Å². The highest BCUT2D eigenvalue weighted by Crippen LogP contribution is 2.22. The van der Waals surface area contributed by atoms with E-state index in [-0.39, 0.29) is 12.5 Å². The third-order valence-corrected chi connectivity index (χ3v) is 3.67. The van der Waals surface area contributed by atoms with Gasteiger partial charge in [-0.15, -0.1) is 0 Å². The summed E-state index contributed by atoms with van der Waals surface area (Å²) in [6.07, 6.45) is 1.65.